The topological polar surface area (TPSA) is 69.6 Å². The smallest absolute Gasteiger partial charge is 0.216 e. The van der Waals surface area contributed by atoms with Gasteiger partial charge in [-0.2, -0.15) is 0 Å². The molecule has 0 saturated heterocycles. The largest absolute Gasteiger partial charge is 0.508 e. The van der Waals surface area contributed by atoms with Crippen LogP contribution >= 0.6 is 0 Å². The summed E-state index contributed by atoms with van der Waals surface area (Å²) in [5.74, 6) is -0.0893. The molecule has 1 atom stereocenters. The molecule has 0 aliphatic rings. The molecule has 0 heterocycles. The molecule has 0 fully saturated rings. The summed E-state index contributed by atoms with van der Waals surface area (Å²) in [5.41, 5.74) is 0.582. The van der Waals surface area contributed by atoms with Crippen molar-refractivity contribution in [2.24, 2.45) is 0 Å². The van der Waals surface area contributed by atoms with Crippen LogP contribution in [0.1, 0.15) is 18.6 Å². The molecule has 0 aromatic heterocycles. The van der Waals surface area contributed by atoms with Crippen LogP contribution in [0, 0.1) is 0 Å². The molecular formula is C10H13NO3. The number of benzene rings is 1. The first-order chi connectivity index (χ1) is 6.59. The molecule has 76 valence electrons. The molecule has 1 aromatic rings. The van der Waals surface area contributed by atoms with E-state index in [2.05, 4.69) is 5.32 Å². The molecule has 1 unspecified atom stereocenters. The van der Waals surface area contributed by atoms with E-state index in [1.807, 2.05) is 0 Å². The fourth-order valence-electron chi connectivity index (χ4n) is 1.09. The van der Waals surface area contributed by atoms with E-state index in [1.54, 1.807) is 12.1 Å². The van der Waals surface area contributed by atoms with Crippen LogP contribution in [0.4, 0.5) is 0 Å². The van der Waals surface area contributed by atoms with Gasteiger partial charge in [-0.05, 0) is 17.7 Å². The van der Waals surface area contributed by atoms with Gasteiger partial charge in [0.1, 0.15) is 5.75 Å². The molecule has 0 radical (unpaired) electrons. The Kier molecular flexibility index (Phi) is 3.48. The maximum absolute atomic E-state index is 10.6. The Morgan fingerprint density at radius 2 is 2.29 bits per heavy atom. The van der Waals surface area contributed by atoms with Crippen molar-refractivity contribution < 1.29 is 15.0 Å². The average Bonchev–Trinajstić information content (AvgIpc) is 2.14. The number of carbonyl (C=O) groups is 1. The quantitative estimate of drug-likeness (QED) is 0.660. The van der Waals surface area contributed by atoms with Crippen LogP contribution in [-0.4, -0.2) is 22.7 Å². The monoisotopic (exact) mass is 195 g/mol. The fourth-order valence-corrected chi connectivity index (χ4v) is 1.09. The molecule has 0 aliphatic heterocycles. The first kappa shape index (κ1) is 10.5. The minimum absolute atomic E-state index is 0.101. The second-order valence-corrected chi connectivity index (χ2v) is 3.05. The Morgan fingerprint density at radius 3 is 2.86 bits per heavy atom. The number of phenols is 1. The predicted molar refractivity (Wildman–Crippen MR) is 51.8 cm³/mol. The zero-order valence-electron chi connectivity index (χ0n) is 7.90. The number of hydrogen-bond acceptors (Lipinski definition) is 3. The molecule has 1 aromatic carbocycles. The summed E-state index contributed by atoms with van der Waals surface area (Å²) in [5, 5.41) is 21.2. The van der Waals surface area contributed by atoms with Crippen LogP contribution in [0.15, 0.2) is 24.3 Å². The summed E-state index contributed by atoms with van der Waals surface area (Å²) in [7, 11) is 0. The molecule has 14 heavy (non-hydrogen) atoms. The molecule has 1 amide bonds. The van der Waals surface area contributed by atoms with Crippen LogP contribution < -0.4 is 5.32 Å². The van der Waals surface area contributed by atoms with E-state index >= 15 is 0 Å². The maximum atomic E-state index is 10.6. The lowest BCUT2D eigenvalue weighted by molar-refractivity contribution is -0.119. The Bertz CT molecular complexity index is 325. The van der Waals surface area contributed by atoms with E-state index in [0.717, 1.165) is 0 Å². The van der Waals surface area contributed by atoms with Crippen molar-refractivity contribution in [2.45, 2.75) is 13.0 Å². The summed E-state index contributed by atoms with van der Waals surface area (Å²) >= 11 is 0. The summed E-state index contributed by atoms with van der Waals surface area (Å²) in [6, 6.07) is 6.31. The zero-order valence-corrected chi connectivity index (χ0v) is 7.90. The van der Waals surface area contributed by atoms with Crippen LogP contribution in [0.2, 0.25) is 0 Å². The van der Waals surface area contributed by atoms with Crippen molar-refractivity contribution >= 4 is 5.91 Å². The summed E-state index contributed by atoms with van der Waals surface area (Å²) in [4.78, 5) is 10.6. The second-order valence-electron chi connectivity index (χ2n) is 3.05. The number of nitrogens with one attached hydrogen (secondary N) is 1. The third-order valence-electron chi connectivity index (χ3n) is 1.80. The Balaban J connectivity index is 2.60. The van der Waals surface area contributed by atoms with Crippen molar-refractivity contribution in [3.8, 4) is 5.75 Å². The average molecular weight is 195 g/mol. The molecule has 0 aliphatic carbocycles. The summed E-state index contributed by atoms with van der Waals surface area (Å²) in [6.45, 7) is 1.54. The van der Waals surface area contributed by atoms with E-state index in [9.17, 15) is 9.90 Å². The van der Waals surface area contributed by atoms with Gasteiger partial charge >= 0.3 is 0 Å². The number of hydrogen-bond donors (Lipinski definition) is 3. The molecule has 3 N–H and O–H groups in total. The Labute approximate surface area is 82.2 Å². The van der Waals surface area contributed by atoms with Gasteiger partial charge in [-0.15, -0.1) is 0 Å². The van der Waals surface area contributed by atoms with Gasteiger partial charge in [0.2, 0.25) is 5.91 Å². The predicted octanol–water partition coefficient (Wildman–Crippen LogP) is 0.562. The maximum Gasteiger partial charge on any atom is 0.216 e. The third kappa shape index (κ3) is 3.06. The highest BCUT2D eigenvalue weighted by molar-refractivity contribution is 5.72. The first-order valence-electron chi connectivity index (χ1n) is 4.31. The van der Waals surface area contributed by atoms with Gasteiger partial charge in [0.25, 0.3) is 0 Å². The molecule has 4 nitrogen and oxygen atoms in total. The SMILES string of the molecule is CC(=O)NCC(O)c1cccc(O)c1. The van der Waals surface area contributed by atoms with Gasteiger partial charge in [-0.25, -0.2) is 0 Å². The molecule has 0 bridgehead atoms. The number of aliphatic hydroxyl groups excluding tert-OH is 1. The Morgan fingerprint density at radius 1 is 1.57 bits per heavy atom. The van der Waals surface area contributed by atoms with Gasteiger partial charge < -0.3 is 15.5 Å². The van der Waals surface area contributed by atoms with Gasteiger partial charge in [0.15, 0.2) is 0 Å². The third-order valence-corrected chi connectivity index (χ3v) is 1.80. The van der Waals surface area contributed by atoms with E-state index < -0.39 is 6.10 Å². The number of aliphatic hydroxyl groups is 1. The fraction of sp³-hybridized carbons (Fsp3) is 0.300. The lowest BCUT2D eigenvalue weighted by Crippen LogP contribution is -2.25. The number of rotatable bonds is 3. The van der Waals surface area contributed by atoms with Gasteiger partial charge in [0, 0.05) is 13.5 Å². The minimum atomic E-state index is -0.786. The lowest BCUT2D eigenvalue weighted by atomic mass is 10.1. The summed E-state index contributed by atoms with van der Waals surface area (Å²) in [6.07, 6.45) is -0.786. The molecule has 1 rings (SSSR count). The van der Waals surface area contributed by atoms with E-state index in [-0.39, 0.29) is 18.2 Å². The van der Waals surface area contributed by atoms with E-state index in [0.29, 0.717) is 5.56 Å². The zero-order chi connectivity index (χ0) is 10.6. The highest BCUT2D eigenvalue weighted by Crippen LogP contribution is 2.17. The van der Waals surface area contributed by atoms with Gasteiger partial charge in [-0.3, -0.25) is 4.79 Å². The molecular weight excluding hydrogens is 182 g/mol. The standard InChI is InChI=1S/C10H13NO3/c1-7(12)11-6-10(14)8-3-2-4-9(13)5-8/h2-5,10,13-14H,6H2,1H3,(H,11,12). The number of carbonyl (C=O) groups excluding carboxylic acids is 1. The van der Waals surface area contributed by atoms with Crippen LogP contribution in [0.3, 0.4) is 0 Å². The minimum Gasteiger partial charge on any atom is -0.508 e. The van der Waals surface area contributed by atoms with Crippen molar-refractivity contribution in [1.82, 2.24) is 5.32 Å². The molecule has 0 saturated carbocycles. The highest BCUT2D eigenvalue weighted by Gasteiger charge is 2.07. The van der Waals surface area contributed by atoms with Crippen LogP contribution in [0.25, 0.3) is 0 Å². The van der Waals surface area contributed by atoms with Crippen molar-refractivity contribution in [3.05, 3.63) is 29.8 Å². The Hall–Kier alpha value is -1.55. The van der Waals surface area contributed by atoms with Crippen molar-refractivity contribution in [2.75, 3.05) is 6.54 Å². The van der Waals surface area contributed by atoms with Crippen LogP contribution in [0.5, 0.6) is 5.75 Å². The van der Waals surface area contributed by atoms with Crippen molar-refractivity contribution in [1.29, 1.82) is 0 Å². The summed E-state index contributed by atoms with van der Waals surface area (Å²) < 4.78 is 0. The van der Waals surface area contributed by atoms with Gasteiger partial charge in [-0.1, -0.05) is 12.1 Å². The highest BCUT2D eigenvalue weighted by atomic mass is 16.3. The number of amides is 1. The van der Waals surface area contributed by atoms with Crippen molar-refractivity contribution in [3.63, 3.8) is 0 Å². The van der Waals surface area contributed by atoms with E-state index in [1.165, 1.54) is 19.1 Å². The number of phenolic OH excluding ortho intramolecular Hbond substituents is 1. The lowest BCUT2D eigenvalue weighted by Gasteiger charge is -2.11. The molecule has 0 spiro atoms. The second kappa shape index (κ2) is 4.62. The van der Waals surface area contributed by atoms with Crippen LogP contribution in [-0.2, 0) is 4.79 Å². The normalized spacial score (nSPS) is 12.1. The molecule has 4 heteroatoms. The van der Waals surface area contributed by atoms with Gasteiger partial charge in [0.05, 0.1) is 6.10 Å². The van der Waals surface area contributed by atoms with E-state index in [4.69, 9.17) is 5.11 Å². The number of aromatic hydroxyl groups is 1. The first-order valence-corrected chi connectivity index (χ1v) is 4.31.